The zero-order chi connectivity index (χ0) is 7.49. The lowest BCUT2D eigenvalue weighted by Gasteiger charge is -1.97. The molecule has 7 nitrogen and oxygen atoms in total. The largest absolute Gasteiger partial charge is 0.351 e. The van der Waals surface area contributed by atoms with Gasteiger partial charge in [0.05, 0.1) is 0 Å². The van der Waals surface area contributed by atoms with E-state index in [2.05, 4.69) is 5.73 Å². The van der Waals surface area contributed by atoms with Crippen molar-refractivity contribution in [1.82, 2.24) is 10.3 Å². The minimum atomic E-state index is -4.38. The van der Waals surface area contributed by atoms with Gasteiger partial charge in [-0.05, 0) is 0 Å². The first kappa shape index (κ1) is 8.14. The molecule has 5 N–H and O–H groups in total. The molecule has 9 heavy (non-hydrogen) atoms. The second-order valence-corrected chi connectivity index (χ2v) is 2.22. The van der Waals surface area contributed by atoms with Crippen LogP contribution in [-0.2, 0) is 10.3 Å². The normalized spacial score (nSPS) is 10.8. The van der Waals surface area contributed by atoms with Crippen molar-refractivity contribution in [2.24, 2.45) is 5.73 Å². The molecular weight excluding hydrogens is 150 g/mol. The summed E-state index contributed by atoms with van der Waals surface area (Å²) in [6, 6.07) is -1.10. The van der Waals surface area contributed by atoms with Gasteiger partial charge in [-0.3, -0.25) is 9.98 Å². The first-order valence-corrected chi connectivity index (χ1v) is 3.15. The summed E-state index contributed by atoms with van der Waals surface area (Å²) in [6.07, 6.45) is 0. The molecule has 0 spiro atoms. The predicted octanol–water partition coefficient (Wildman–Crippen LogP) is -2.04. The van der Waals surface area contributed by atoms with Crippen molar-refractivity contribution in [2.75, 3.05) is 0 Å². The maximum atomic E-state index is 9.72. The van der Waals surface area contributed by atoms with Gasteiger partial charge >= 0.3 is 16.3 Å². The van der Waals surface area contributed by atoms with Gasteiger partial charge in [0, 0.05) is 0 Å². The summed E-state index contributed by atoms with van der Waals surface area (Å²) >= 11 is 0. The number of hydrogen-bond acceptors (Lipinski definition) is 3. The third-order valence-electron chi connectivity index (χ3n) is 0.303. The molecule has 0 atom stereocenters. The van der Waals surface area contributed by atoms with Crippen molar-refractivity contribution in [3.8, 4) is 0 Å². The van der Waals surface area contributed by atoms with Crippen LogP contribution in [0.3, 0.4) is 0 Å². The Labute approximate surface area is 51.1 Å². The SMILES string of the molecule is NC(=O)NNS(=O)(=O)O. The average Bonchev–Trinajstić information content (AvgIpc) is 1.59. The average molecular weight is 155 g/mol. The Balaban J connectivity index is 3.67. The van der Waals surface area contributed by atoms with Crippen molar-refractivity contribution in [1.29, 1.82) is 0 Å². The van der Waals surface area contributed by atoms with Crippen LogP contribution in [0.2, 0.25) is 0 Å². The van der Waals surface area contributed by atoms with Gasteiger partial charge in [-0.2, -0.15) is 8.42 Å². The Morgan fingerprint density at radius 2 is 2.00 bits per heavy atom. The lowest BCUT2D eigenvalue weighted by Crippen LogP contribution is -2.44. The molecule has 0 unspecified atom stereocenters. The van der Waals surface area contributed by atoms with Gasteiger partial charge < -0.3 is 5.73 Å². The van der Waals surface area contributed by atoms with E-state index < -0.39 is 16.3 Å². The van der Waals surface area contributed by atoms with Gasteiger partial charge in [0.2, 0.25) is 0 Å². The molecule has 2 amide bonds. The molecule has 0 aromatic carbocycles. The molecule has 0 aliphatic heterocycles. The molecule has 0 aromatic rings. The van der Waals surface area contributed by atoms with Crippen molar-refractivity contribution in [2.45, 2.75) is 0 Å². The van der Waals surface area contributed by atoms with Gasteiger partial charge in [-0.15, -0.1) is 4.83 Å². The third kappa shape index (κ3) is 7.14. The molecular formula is CH5N3O4S. The van der Waals surface area contributed by atoms with E-state index >= 15 is 0 Å². The van der Waals surface area contributed by atoms with Crippen LogP contribution in [0.25, 0.3) is 0 Å². The van der Waals surface area contributed by atoms with E-state index in [0.29, 0.717) is 0 Å². The standard InChI is InChI=1S/CH5N3O4S/c2-1(5)3-4-9(6,7)8/h4H,(H3,2,3,5)(H,6,7,8). The first-order chi connectivity index (χ1) is 3.92. The third-order valence-corrected chi connectivity index (χ3v) is 0.663. The number of hydrazine groups is 1. The summed E-state index contributed by atoms with van der Waals surface area (Å²) in [4.78, 5) is 10.9. The fraction of sp³-hybridized carbons (Fsp3) is 0. The summed E-state index contributed by atoms with van der Waals surface area (Å²) < 4.78 is 27.3. The zero-order valence-electron chi connectivity index (χ0n) is 4.16. The molecule has 0 heterocycles. The van der Waals surface area contributed by atoms with Crippen LogP contribution in [0.5, 0.6) is 0 Å². The van der Waals surface area contributed by atoms with Crippen molar-refractivity contribution in [3.05, 3.63) is 0 Å². The number of rotatable bonds is 2. The summed E-state index contributed by atoms with van der Waals surface area (Å²) in [5, 5.41) is 0. The minimum Gasteiger partial charge on any atom is -0.351 e. The number of primary amides is 1. The number of urea groups is 1. The van der Waals surface area contributed by atoms with Crippen LogP contribution in [0.4, 0.5) is 4.79 Å². The van der Waals surface area contributed by atoms with Gasteiger partial charge in [0.25, 0.3) is 0 Å². The van der Waals surface area contributed by atoms with E-state index in [-0.39, 0.29) is 0 Å². The van der Waals surface area contributed by atoms with Crippen LogP contribution in [0, 0.1) is 0 Å². The summed E-state index contributed by atoms with van der Waals surface area (Å²) in [7, 11) is -4.38. The van der Waals surface area contributed by atoms with Crippen LogP contribution < -0.4 is 16.0 Å². The number of nitrogens with one attached hydrogen (secondary N) is 2. The topological polar surface area (TPSA) is 122 Å². The lowest BCUT2D eigenvalue weighted by atomic mass is 11.2. The zero-order valence-corrected chi connectivity index (χ0v) is 4.97. The second-order valence-electron chi connectivity index (χ2n) is 1.07. The van der Waals surface area contributed by atoms with E-state index in [4.69, 9.17) is 4.55 Å². The number of carbonyl (C=O) groups excluding carboxylic acids is 1. The number of hydrogen-bond donors (Lipinski definition) is 4. The maximum absolute atomic E-state index is 9.72. The van der Waals surface area contributed by atoms with Crippen LogP contribution in [0.1, 0.15) is 0 Å². The number of nitrogens with two attached hydrogens (primary N) is 1. The molecule has 0 aliphatic rings. The van der Waals surface area contributed by atoms with Crippen molar-refractivity contribution >= 4 is 16.3 Å². The van der Waals surface area contributed by atoms with Crippen LogP contribution >= 0.6 is 0 Å². The Morgan fingerprint density at radius 1 is 1.56 bits per heavy atom. The minimum absolute atomic E-state index is 1.10. The Kier molecular flexibility index (Phi) is 2.37. The highest BCUT2D eigenvalue weighted by Crippen LogP contribution is 1.64. The highest BCUT2D eigenvalue weighted by atomic mass is 32.2. The molecule has 0 saturated carbocycles. The van der Waals surface area contributed by atoms with E-state index in [1.54, 1.807) is 0 Å². The fourth-order valence-electron chi connectivity index (χ4n) is 0.115. The van der Waals surface area contributed by atoms with Gasteiger partial charge in [-0.25, -0.2) is 4.79 Å². The monoisotopic (exact) mass is 155 g/mol. The molecule has 0 aromatic heterocycles. The Hall–Kier alpha value is -0.860. The predicted molar refractivity (Wildman–Crippen MR) is 27.4 cm³/mol. The second kappa shape index (κ2) is 2.62. The molecule has 0 fully saturated rings. The van der Waals surface area contributed by atoms with E-state index in [1.807, 2.05) is 0 Å². The van der Waals surface area contributed by atoms with Crippen LogP contribution in [0.15, 0.2) is 0 Å². The van der Waals surface area contributed by atoms with E-state index in [0.717, 1.165) is 0 Å². The van der Waals surface area contributed by atoms with Gasteiger partial charge in [-0.1, -0.05) is 0 Å². The smallest absolute Gasteiger partial charge is 0.350 e. The molecule has 8 heteroatoms. The Bertz CT molecular complexity index is 194. The molecule has 54 valence electrons. The fourth-order valence-corrected chi connectivity index (χ4v) is 0.344. The van der Waals surface area contributed by atoms with Crippen LogP contribution in [-0.4, -0.2) is 19.0 Å². The summed E-state index contributed by atoms with van der Waals surface area (Å²) in [5.74, 6) is 0. The van der Waals surface area contributed by atoms with Crippen molar-refractivity contribution < 1.29 is 17.8 Å². The highest BCUT2D eigenvalue weighted by Gasteiger charge is 2.01. The number of amides is 2. The molecule has 0 radical (unpaired) electrons. The summed E-state index contributed by atoms with van der Waals surface area (Å²) in [6.45, 7) is 0. The van der Waals surface area contributed by atoms with E-state index in [9.17, 15) is 13.2 Å². The summed E-state index contributed by atoms with van der Waals surface area (Å²) in [5.41, 5.74) is 5.85. The van der Waals surface area contributed by atoms with Gasteiger partial charge in [0.15, 0.2) is 0 Å². The lowest BCUT2D eigenvalue weighted by molar-refractivity contribution is 0.247. The first-order valence-electron chi connectivity index (χ1n) is 1.71. The highest BCUT2D eigenvalue weighted by molar-refractivity contribution is 7.83. The molecule has 0 saturated heterocycles. The number of carbonyl (C=O) groups is 1. The van der Waals surface area contributed by atoms with Gasteiger partial charge in [0.1, 0.15) is 0 Å². The van der Waals surface area contributed by atoms with E-state index in [1.165, 1.54) is 10.3 Å². The maximum Gasteiger partial charge on any atom is 0.350 e. The Morgan fingerprint density at radius 3 is 2.11 bits per heavy atom. The molecule has 0 rings (SSSR count). The molecule has 0 aliphatic carbocycles. The quantitative estimate of drug-likeness (QED) is 0.271. The molecule has 0 bridgehead atoms. The van der Waals surface area contributed by atoms with Crippen molar-refractivity contribution in [3.63, 3.8) is 0 Å².